The van der Waals surface area contributed by atoms with Gasteiger partial charge in [0.15, 0.2) is 0 Å². The molecule has 6 nitrogen and oxygen atoms in total. The lowest BCUT2D eigenvalue weighted by Crippen LogP contribution is -2.30. The van der Waals surface area contributed by atoms with Crippen LogP contribution in [-0.2, 0) is 0 Å². The van der Waals surface area contributed by atoms with Gasteiger partial charge in [-0.25, -0.2) is 19.9 Å². The molecule has 0 radical (unpaired) electrons. The highest BCUT2D eigenvalue weighted by Gasteiger charge is 2.41. The van der Waals surface area contributed by atoms with Crippen LogP contribution in [0.5, 0.6) is 0 Å². The fourth-order valence-corrected chi connectivity index (χ4v) is 4.38. The molecule has 25 heavy (non-hydrogen) atoms. The Balaban J connectivity index is 1.28. The molecule has 2 aromatic heterocycles. The summed E-state index contributed by atoms with van der Waals surface area (Å²) < 4.78 is 0. The van der Waals surface area contributed by atoms with Crippen LogP contribution in [0.15, 0.2) is 24.7 Å². The van der Waals surface area contributed by atoms with E-state index in [-0.39, 0.29) is 0 Å². The molecule has 5 rings (SSSR count). The van der Waals surface area contributed by atoms with Gasteiger partial charge in [-0.15, -0.1) is 0 Å². The number of hydrogen-bond donors (Lipinski definition) is 0. The summed E-state index contributed by atoms with van der Waals surface area (Å²) in [5.41, 5.74) is 1.04. The van der Waals surface area contributed by atoms with Crippen LogP contribution in [0, 0.1) is 18.8 Å². The van der Waals surface area contributed by atoms with Gasteiger partial charge in [0.2, 0.25) is 0 Å². The molecule has 0 bridgehead atoms. The molecule has 3 fully saturated rings. The molecule has 4 heterocycles. The van der Waals surface area contributed by atoms with Gasteiger partial charge in [0.05, 0.1) is 0 Å². The average Bonchev–Trinajstić information content (AvgIpc) is 3.12. The van der Waals surface area contributed by atoms with E-state index in [0.29, 0.717) is 17.8 Å². The number of rotatable bonds is 3. The highest BCUT2D eigenvalue weighted by Crippen LogP contribution is 2.37. The van der Waals surface area contributed by atoms with Crippen LogP contribution in [0.2, 0.25) is 0 Å². The number of anilines is 2. The molecule has 3 aliphatic rings. The topological polar surface area (TPSA) is 58.0 Å². The van der Waals surface area contributed by atoms with Gasteiger partial charge in [-0.3, -0.25) is 0 Å². The SMILES string of the molecule is Cc1cc(N2CC3CN(c4ccnc(C5CCC5)n4)CC3C2)ncn1. The third-order valence-corrected chi connectivity index (χ3v) is 6.05. The van der Waals surface area contributed by atoms with E-state index in [4.69, 9.17) is 4.98 Å². The second-order valence-electron chi connectivity index (χ2n) is 7.75. The zero-order valence-corrected chi connectivity index (χ0v) is 14.7. The van der Waals surface area contributed by atoms with Crippen LogP contribution in [0.25, 0.3) is 0 Å². The van der Waals surface area contributed by atoms with Crippen molar-refractivity contribution in [2.45, 2.75) is 32.1 Å². The van der Waals surface area contributed by atoms with E-state index in [1.807, 2.05) is 13.1 Å². The predicted molar refractivity (Wildman–Crippen MR) is 96.8 cm³/mol. The van der Waals surface area contributed by atoms with Crippen molar-refractivity contribution in [3.63, 3.8) is 0 Å². The molecule has 2 aliphatic heterocycles. The lowest BCUT2D eigenvalue weighted by molar-refractivity contribution is 0.401. The van der Waals surface area contributed by atoms with E-state index in [1.54, 1.807) is 6.33 Å². The summed E-state index contributed by atoms with van der Waals surface area (Å²) in [4.78, 5) is 22.9. The van der Waals surface area contributed by atoms with Crippen LogP contribution in [0.3, 0.4) is 0 Å². The minimum Gasteiger partial charge on any atom is -0.356 e. The van der Waals surface area contributed by atoms with Gasteiger partial charge in [0.1, 0.15) is 23.8 Å². The van der Waals surface area contributed by atoms with Gasteiger partial charge >= 0.3 is 0 Å². The molecule has 2 unspecified atom stereocenters. The average molecular weight is 336 g/mol. The van der Waals surface area contributed by atoms with Crippen molar-refractivity contribution in [3.8, 4) is 0 Å². The second-order valence-corrected chi connectivity index (χ2v) is 7.75. The lowest BCUT2D eigenvalue weighted by Gasteiger charge is -2.26. The van der Waals surface area contributed by atoms with E-state index in [1.165, 1.54) is 19.3 Å². The lowest BCUT2D eigenvalue weighted by atomic mass is 9.85. The number of aryl methyl sites for hydroxylation is 1. The second kappa shape index (κ2) is 5.93. The van der Waals surface area contributed by atoms with E-state index < -0.39 is 0 Å². The van der Waals surface area contributed by atoms with Crippen molar-refractivity contribution in [1.82, 2.24) is 19.9 Å². The Morgan fingerprint density at radius 2 is 1.64 bits per heavy atom. The highest BCUT2D eigenvalue weighted by atomic mass is 15.3. The molecule has 0 aromatic carbocycles. The molecule has 0 N–H and O–H groups in total. The summed E-state index contributed by atoms with van der Waals surface area (Å²) in [6.45, 7) is 6.37. The number of hydrogen-bond acceptors (Lipinski definition) is 6. The third-order valence-electron chi connectivity index (χ3n) is 6.05. The van der Waals surface area contributed by atoms with Crippen molar-refractivity contribution in [3.05, 3.63) is 36.2 Å². The Hall–Kier alpha value is -2.24. The summed E-state index contributed by atoms with van der Waals surface area (Å²) in [5.74, 6) is 5.23. The summed E-state index contributed by atoms with van der Waals surface area (Å²) in [5, 5.41) is 0. The highest BCUT2D eigenvalue weighted by molar-refractivity contribution is 5.45. The van der Waals surface area contributed by atoms with Crippen molar-refractivity contribution in [1.29, 1.82) is 0 Å². The first kappa shape index (κ1) is 15.0. The standard InChI is InChI=1S/C19H24N6/c1-13-7-18(22-12-21-13)25-10-15-8-24(9-16(15)11-25)17-5-6-20-19(23-17)14-3-2-4-14/h5-7,12,14-16H,2-4,8-11H2,1H3. The van der Waals surface area contributed by atoms with Gasteiger partial charge in [0, 0.05) is 61.9 Å². The molecule has 130 valence electrons. The fraction of sp³-hybridized carbons (Fsp3) is 0.579. The molecular weight excluding hydrogens is 312 g/mol. The van der Waals surface area contributed by atoms with Gasteiger partial charge < -0.3 is 9.80 Å². The van der Waals surface area contributed by atoms with Gasteiger partial charge in [-0.05, 0) is 25.8 Å². The Morgan fingerprint density at radius 3 is 2.28 bits per heavy atom. The van der Waals surface area contributed by atoms with Gasteiger partial charge in [0.25, 0.3) is 0 Å². The van der Waals surface area contributed by atoms with Crippen molar-refractivity contribution in [2.24, 2.45) is 11.8 Å². The number of fused-ring (bicyclic) bond motifs is 1. The maximum Gasteiger partial charge on any atom is 0.133 e. The number of aromatic nitrogens is 4. The van der Waals surface area contributed by atoms with Crippen molar-refractivity contribution in [2.75, 3.05) is 36.0 Å². The Labute approximate surface area is 148 Å². The maximum atomic E-state index is 4.87. The van der Waals surface area contributed by atoms with E-state index in [9.17, 15) is 0 Å². The molecule has 0 amide bonds. The normalized spacial score (nSPS) is 26.0. The first-order valence-corrected chi connectivity index (χ1v) is 9.38. The Bertz CT molecular complexity index is 760. The zero-order chi connectivity index (χ0) is 16.8. The summed E-state index contributed by atoms with van der Waals surface area (Å²) in [7, 11) is 0. The van der Waals surface area contributed by atoms with Crippen LogP contribution in [0.4, 0.5) is 11.6 Å². The molecule has 1 aliphatic carbocycles. The maximum absolute atomic E-state index is 4.87. The van der Waals surface area contributed by atoms with Crippen molar-refractivity contribution >= 4 is 11.6 Å². The van der Waals surface area contributed by atoms with E-state index >= 15 is 0 Å². The minimum absolute atomic E-state index is 0.596. The summed E-state index contributed by atoms with van der Waals surface area (Å²) >= 11 is 0. The summed E-state index contributed by atoms with van der Waals surface area (Å²) in [6.07, 6.45) is 7.45. The van der Waals surface area contributed by atoms with E-state index in [2.05, 4.69) is 36.9 Å². The molecule has 0 spiro atoms. The van der Waals surface area contributed by atoms with Crippen LogP contribution in [-0.4, -0.2) is 46.1 Å². The monoisotopic (exact) mass is 336 g/mol. The molecule has 1 saturated carbocycles. The predicted octanol–water partition coefficient (Wildman–Crippen LogP) is 2.42. The molecule has 2 saturated heterocycles. The quantitative estimate of drug-likeness (QED) is 0.858. The molecule has 2 atom stereocenters. The fourth-order valence-electron chi connectivity index (χ4n) is 4.38. The minimum atomic E-state index is 0.596. The zero-order valence-electron chi connectivity index (χ0n) is 14.7. The van der Waals surface area contributed by atoms with Crippen LogP contribution in [0.1, 0.15) is 36.7 Å². The Morgan fingerprint density at radius 1 is 0.920 bits per heavy atom. The smallest absolute Gasteiger partial charge is 0.133 e. The third kappa shape index (κ3) is 2.73. The van der Waals surface area contributed by atoms with E-state index in [0.717, 1.165) is 49.3 Å². The van der Waals surface area contributed by atoms with Crippen LogP contribution >= 0.6 is 0 Å². The van der Waals surface area contributed by atoms with Gasteiger partial charge in [-0.1, -0.05) is 6.42 Å². The molecule has 2 aromatic rings. The first-order valence-electron chi connectivity index (χ1n) is 9.38. The van der Waals surface area contributed by atoms with Gasteiger partial charge in [-0.2, -0.15) is 0 Å². The summed E-state index contributed by atoms with van der Waals surface area (Å²) in [6, 6.07) is 4.17. The largest absolute Gasteiger partial charge is 0.356 e. The number of nitrogens with zero attached hydrogens (tertiary/aromatic N) is 6. The Kier molecular flexibility index (Phi) is 3.57. The molecular formula is C19H24N6. The molecule has 6 heteroatoms. The van der Waals surface area contributed by atoms with Crippen molar-refractivity contribution < 1.29 is 0 Å². The van der Waals surface area contributed by atoms with Crippen LogP contribution < -0.4 is 9.80 Å². The first-order chi connectivity index (χ1) is 12.3.